The number of fused-ring (bicyclic) bond motifs is 8. The third-order valence-corrected chi connectivity index (χ3v) is 11.0. The van der Waals surface area contributed by atoms with Gasteiger partial charge in [0.1, 0.15) is 0 Å². The first kappa shape index (κ1) is 43.5. The summed E-state index contributed by atoms with van der Waals surface area (Å²) in [4.78, 5) is 70.9. The van der Waals surface area contributed by atoms with Crippen LogP contribution in [0.5, 0.6) is 0 Å². The van der Waals surface area contributed by atoms with Gasteiger partial charge in [-0.05, 0) is 117 Å². The van der Waals surface area contributed by atoms with Crippen LogP contribution in [0.3, 0.4) is 0 Å². The van der Waals surface area contributed by atoms with Gasteiger partial charge >= 0.3 is 40.4 Å². The molecule has 2 aliphatic rings. The zero-order valence-electron chi connectivity index (χ0n) is 35.2. The van der Waals surface area contributed by atoms with Crippen molar-refractivity contribution in [2.45, 2.75) is 0 Å². The van der Waals surface area contributed by atoms with E-state index in [4.69, 9.17) is 38.9 Å². The van der Waals surface area contributed by atoms with Crippen LogP contribution in [0.2, 0.25) is 0 Å². The van der Waals surface area contributed by atoms with E-state index in [0.29, 0.717) is 89.4 Å². The van der Waals surface area contributed by atoms with Crippen molar-refractivity contribution < 1.29 is 54.6 Å². The molecule has 0 saturated carbocycles. The molecule has 12 nitrogen and oxygen atoms in total. The van der Waals surface area contributed by atoms with E-state index in [0.717, 1.165) is 22.3 Å². The number of ether oxygens (including phenoxy) is 4. The van der Waals surface area contributed by atoms with Gasteiger partial charge < -0.3 is 28.9 Å². The maximum Gasteiger partial charge on any atom is 2.00 e. The fourth-order valence-corrected chi connectivity index (χ4v) is 7.83. The number of aromatic nitrogens is 4. The molecule has 2 aliphatic heterocycles. The smallest absolute Gasteiger partial charge is 0.657 e. The van der Waals surface area contributed by atoms with Gasteiger partial charge in [0.25, 0.3) is 0 Å². The van der Waals surface area contributed by atoms with Gasteiger partial charge in [0.15, 0.2) is 0 Å². The van der Waals surface area contributed by atoms with Gasteiger partial charge in [-0.3, -0.25) is 0 Å². The molecule has 4 aromatic carbocycles. The minimum absolute atomic E-state index is 0. The Bertz CT molecular complexity index is 2830. The standard InChI is InChI=1S/C52H37N4O8.Ni/c1-61-49(57)33-13-5-29(6-14-33)45-37-21-23-39(53-37)46(30-7-15-34(16-8-30)50(58)62-2)41-25-27-43(55-41)48(32-11-19-36(20-12-32)52(60)64-4)44-28-26-42(56-44)47(40-24-22-38(45)54-40)31-9-17-35(18-10-31)51(59)63-3;/h5-28H,1-4H3,(H-,53,54,55,56,57,58,59,60);/q-1;+2/p-1. The molecule has 0 fully saturated rings. The first-order valence-corrected chi connectivity index (χ1v) is 20.0. The summed E-state index contributed by atoms with van der Waals surface area (Å²) < 4.78 is 19.9. The molecule has 9 rings (SSSR count). The Kier molecular flexibility index (Phi) is 12.2. The van der Waals surface area contributed by atoms with Crippen LogP contribution in [-0.2, 0) is 35.4 Å². The summed E-state index contributed by atoms with van der Waals surface area (Å²) in [7, 11) is 5.35. The molecule has 65 heavy (non-hydrogen) atoms. The van der Waals surface area contributed by atoms with Gasteiger partial charge in [0, 0.05) is 0 Å². The SMILES string of the molecule is COC(=O)c1ccc(-c2c3nc(c(-c4ccc(C(=O)OC)cc4)c4ccc([n-]4)c(-c4ccc(C(=O)OC)cc4)c4nc(c(-c5ccc(C(=O)OC)cc5)c5ccc2[n-]5)C=C4)C=C3)cc1.[Ni+2]. The fourth-order valence-electron chi connectivity index (χ4n) is 7.83. The summed E-state index contributed by atoms with van der Waals surface area (Å²) in [6, 6.07) is 35.9. The number of rotatable bonds is 8. The molecule has 8 bridgehead atoms. The van der Waals surface area contributed by atoms with Crippen LogP contribution in [0.4, 0.5) is 0 Å². The van der Waals surface area contributed by atoms with E-state index in [1.165, 1.54) is 28.4 Å². The second-order valence-electron chi connectivity index (χ2n) is 14.6. The largest absolute Gasteiger partial charge is 2.00 e. The summed E-state index contributed by atoms with van der Waals surface area (Å²) in [5, 5.41) is 0. The van der Waals surface area contributed by atoms with Gasteiger partial charge in [-0.2, -0.15) is 0 Å². The number of esters is 4. The summed E-state index contributed by atoms with van der Waals surface area (Å²) >= 11 is 0. The Morgan fingerprint density at radius 2 is 0.538 bits per heavy atom. The topological polar surface area (TPSA) is 159 Å². The quantitative estimate of drug-likeness (QED) is 0.0809. The molecule has 3 aromatic heterocycles. The molecule has 322 valence electrons. The van der Waals surface area contributed by atoms with Gasteiger partial charge in [-0.1, -0.05) is 72.8 Å². The fraction of sp³-hybridized carbons (Fsp3) is 0.0769. The summed E-state index contributed by atoms with van der Waals surface area (Å²) in [5.41, 5.74) is 12.1. The molecule has 0 saturated heterocycles. The molecule has 0 radical (unpaired) electrons. The Morgan fingerprint density at radius 1 is 0.338 bits per heavy atom. The van der Waals surface area contributed by atoms with Crippen LogP contribution in [0.15, 0.2) is 121 Å². The van der Waals surface area contributed by atoms with Crippen molar-refractivity contribution in [3.63, 3.8) is 0 Å². The van der Waals surface area contributed by atoms with E-state index < -0.39 is 23.9 Å². The average molecular weight is 904 g/mol. The van der Waals surface area contributed by atoms with E-state index in [1.807, 2.05) is 97.1 Å². The predicted octanol–water partition coefficient (Wildman–Crippen LogP) is 9.73. The molecule has 0 amide bonds. The maximum absolute atomic E-state index is 12.5. The van der Waals surface area contributed by atoms with Crippen LogP contribution in [0.25, 0.3) is 90.9 Å². The second kappa shape index (κ2) is 18.3. The average Bonchev–Trinajstić information content (AvgIpc) is 4.20. The van der Waals surface area contributed by atoms with E-state index in [-0.39, 0.29) is 16.5 Å². The third-order valence-electron chi connectivity index (χ3n) is 11.0. The van der Waals surface area contributed by atoms with Crippen LogP contribution in [0, 0.1) is 0 Å². The van der Waals surface area contributed by atoms with Gasteiger partial charge in [-0.15, -0.1) is 22.1 Å². The van der Waals surface area contributed by atoms with Crippen LogP contribution in [0.1, 0.15) is 64.2 Å². The summed E-state index contributed by atoms with van der Waals surface area (Å²) in [6.45, 7) is 0. The monoisotopic (exact) mass is 902 g/mol. The Labute approximate surface area is 382 Å². The molecular weight excluding hydrogens is 867 g/mol. The first-order valence-electron chi connectivity index (χ1n) is 20.0. The molecule has 0 aliphatic carbocycles. The number of carbonyl (C=O) groups is 4. The van der Waals surface area contributed by atoms with Crippen LogP contribution < -0.4 is 9.97 Å². The Morgan fingerprint density at radius 3 is 0.723 bits per heavy atom. The van der Waals surface area contributed by atoms with E-state index in [9.17, 15) is 19.2 Å². The zero-order valence-corrected chi connectivity index (χ0v) is 36.2. The Hall–Kier alpha value is -8.15. The minimum Gasteiger partial charge on any atom is -0.657 e. The van der Waals surface area contributed by atoms with E-state index >= 15 is 0 Å². The van der Waals surface area contributed by atoms with E-state index in [2.05, 4.69) is 0 Å². The number of carbonyl (C=O) groups excluding carboxylic acids is 4. The molecule has 0 spiro atoms. The van der Waals surface area contributed by atoms with E-state index in [1.54, 1.807) is 48.5 Å². The van der Waals surface area contributed by atoms with Crippen molar-refractivity contribution in [3.05, 3.63) is 166 Å². The van der Waals surface area contributed by atoms with Crippen LogP contribution in [-0.4, -0.2) is 62.3 Å². The van der Waals surface area contributed by atoms with Crippen molar-refractivity contribution in [3.8, 4) is 44.5 Å². The summed E-state index contributed by atoms with van der Waals surface area (Å²) in [6.07, 6.45) is 7.66. The normalized spacial score (nSPS) is 11.4. The number of methoxy groups -OCH3 is 4. The predicted molar refractivity (Wildman–Crippen MR) is 244 cm³/mol. The number of nitrogens with zero attached hydrogens (tertiary/aromatic N) is 4. The van der Waals surface area contributed by atoms with Crippen molar-refractivity contribution in [2.24, 2.45) is 0 Å². The molecule has 13 heteroatoms. The maximum atomic E-state index is 12.5. The van der Waals surface area contributed by atoms with Crippen LogP contribution >= 0.6 is 0 Å². The number of benzene rings is 4. The van der Waals surface area contributed by atoms with Crippen molar-refractivity contribution in [2.75, 3.05) is 28.4 Å². The van der Waals surface area contributed by atoms with Gasteiger partial charge in [0.05, 0.1) is 73.5 Å². The van der Waals surface area contributed by atoms with Crippen molar-refractivity contribution >= 4 is 70.2 Å². The van der Waals surface area contributed by atoms with Crippen molar-refractivity contribution in [1.29, 1.82) is 0 Å². The third kappa shape index (κ3) is 8.28. The molecule has 0 N–H and O–H groups in total. The van der Waals surface area contributed by atoms with Gasteiger partial charge in [-0.25, -0.2) is 29.1 Å². The zero-order chi connectivity index (χ0) is 44.5. The molecule has 7 aromatic rings. The molecule has 0 unspecified atom stereocenters. The second-order valence-corrected chi connectivity index (χ2v) is 14.6. The van der Waals surface area contributed by atoms with Crippen molar-refractivity contribution in [1.82, 2.24) is 19.9 Å². The number of hydrogen-bond donors (Lipinski definition) is 0. The summed E-state index contributed by atoms with van der Waals surface area (Å²) in [5.74, 6) is -1.86. The van der Waals surface area contributed by atoms with Gasteiger partial charge in [0.2, 0.25) is 0 Å². The molecule has 0 atom stereocenters. The Balaban J connectivity index is 0.00000576. The molecular formula is C52H36N4NiO8. The minimum atomic E-state index is -0.464. The first-order chi connectivity index (χ1) is 31.2. The molecule has 5 heterocycles. The number of hydrogen-bond acceptors (Lipinski definition) is 10.